The van der Waals surface area contributed by atoms with E-state index in [1.165, 1.54) is 16.0 Å². The highest BCUT2D eigenvalue weighted by Gasteiger charge is 2.32. The molecule has 1 atom stereocenters. The third-order valence-corrected chi connectivity index (χ3v) is 5.25. The van der Waals surface area contributed by atoms with Gasteiger partial charge in [0.1, 0.15) is 0 Å². The minimum Gasteiger partial charge on any atom is -0.389 e. The number of fused-ring (bicyclic) bond motifs is 1. The van der Waals surface area contributed by atoms with Crippen LogP contribution in [-0.4, -0.2) is 10.7 Å². The van der Waals surface area contributed by atoms with Crippen LogP contribution in [0.15, 0.2) is 40.2 Å². The van der Waals surface area contributed by atoms with Gasteiger partial charge in [0, 0.05) is 17.7 Å². The Morgan fingerprint density at radius 3 is 2.67 bits per heavy atom. The summed E-state index contributed by atoms with van der Waals surface area (Å²) in [5, 5.41) is 10.8. The van der Waals surface area contributed by atoms with Crippen LogP contribution in [0.5, 0.6) is 0 Å². The summed E-state index contributed by atoms with van der Waals surface area (Å²) in [6.45, 7) is 0. The highest BCUT2D eigenvalue weighted by atomic mass is 79.9. The Kier molecular flexibility index (Phi) is 3.31. The molecule has 94 valence electrons. The Morgan fingerprint density at radius 1 is 1.17 bits per heavy atom. The molecule has 0 radical (unpaired) electrons. The summed E-state index contributed by atoms with van der Waals surface area (Å²) in [5.74, 6) is 0. The number of halogens is 1. The molecule has 1 nitrogen and oxygen atoms in total. The first-order valence-electron chi connectivity index (χ1n) is 6.18. The van der Waals surface area contributed by atoms with Crippen molar-refractivity contribution in [3.8, 4) is 0 Å². The topological polar surface area (TPSA) is 20.2 Å². The van der Waals surface area contributed by atoms with Crippen molar-refractivity contribution in [1.82, 2.24) is 0 Å². The third-order valence-electron chi connectivity index (χ3n) is 3.63. The molecule has 0 aliphatic heterocycles. The SMILES string of the molecule is OC1(Cc2ccc(Br)s2)CCc2ccccc2C1. The summed E-state index contributed by atoms with van der Waals surface area (Å²) in [6.07, 6.45) is 3.38. The maximum absolute atomic E-state index is 10.8. The van der Waals surface area contributed by atoms with Crippen LogP contribution in [0.1, 0.15) is 22.4 Å². The summed E-state index contributed by atoms with van der Waals surface area (Å²) < 4.78 is 1.14. The molecule has 1 aliphatic carbocycles. The van der Waals surface area contributed by atoms with Gasteiger partial charge < -0.3 is 5.11 Å². The molecule has 0 fully saturated rings. The molecule has 1 heterocycles. The van der Waals surface area contributed by atoms with Crippen molar-refractivity contribution >= 4 is 27.3 Å². The first-order chi connectivity index (χ1) is 8.65. The predicted molar refractivity (Wildman–Crippen MR) is 79.1 cm³/mol. The maximum atomic E-state index is 10.8. The molecular weight excluding hydrogens is 308 g/mol. The Labute approximate surface area is 120 Å². The second-order valence-corrected chi connectivity index (χ2v) is 7.60. The van der Waals surface area contributed by atoms with Crippen molar-refractivity contribution in [3.05, 3.63) is 56.2 Å². The highest BCUT2D eigenvalue weighted by Crippen LogP contribution is 2.33. The zero-order valence-electron chi connectivity index (χ0n) is 10.0. The molecule has 3 rings (SSSR count). The highest BCUT2D eigenvalue weighted by molar-refractivity contribution is 9.11. The summed E-state index contributed by atoms with van der Waals surface area (Å²) >= 11 is 5.20. The summed E-state index contributed by atoms with van der Waals surface area (Å²) in [6, 6.07) is 12.6. The van der Waals surface area contributed by atoms with Gasteiger partial charge in [-0.25, -0.2) is 0 Å². The van der Waals surface area contributed by atoms with E-state index < -0.39 is 5.60 Å². The van der Waals surface area contributed by atoms with Gasteiger partial charge in [0.2, 0.25) is 0 Å². The molecule has 0 saturated carbocycles. The number of rotatable bonds is 2. The van der Waals surface area contributed by atoms with E-state index in [2.05, 4.69) is 52.3 Å². The lowest BCUT2D eigenvalue weighted by Gasteiger charge is -2.33. The minimum atomic E-state index is -0.571. The molecule has 0 spiro atoms. The standard InChI is InChI=1S/C15H15BrOS/c16-14-6-5-13(18-14)10-15(17)8-7-11-3-1-2-4-12(11)9-15/h1-6,17H,7-10H2. The molecule has 18 heavy (non-hydrogen) atoms. The fourth-order valence-electron chi connectivity index (χ4n) is 2.71. The van der Waals surface area contributed by atoms with E-state index in [9.17, 15) is 5.11 Å². The van der Waals surface area contributed by atoms with Crippen molar-refractivity contribution < 1.29 is 5.11 Å². The van der Waals surface area contributed by atoms with Gasteiger partial charge in [-0.2, -0.15) is 0 Å². The minimum absolute atomic E-state index is 0.571. The molecule has 3 heteroatoms. The summed E-state index contributed by atoms with van der Waals surface area (Å²) in [7, 11) is 0. The van der Waals surface area contributed by atoms with E-state index in [-0.39, 0.29) is 0 Å². The Hall–Kier alpha value is -0.640. The van der Waals surface area contributed by atoms with E-state index in [1.54, 1.807) is 11.3 Å². The normalized spacial score (nSPS) is 22.8. The van der Waals surface area contributed by atoms with Gasteiger partial charge in [-0.05, 0) is 52.0 Å². The fourth-order valence-corrected chi connectivity index (χ4v) is 4.33. The maximum Gasteiger partial charge on any atom is 0.0739 e. The van der Waals surface area contributed by atoms with Crippen LogP contribution in [0.3, 0.4) is 0 Å². The van der Waals surface area contributed by atoms with Crippen LogP contribution in [-0.2, 0) is 19.3 Å². The molecule has 0 bridgehead atoms. The van der Waals surface area contributed by atoms with Gasteiger partial charge in [-0.3, -0.25) is 0 Å². The first-order valence-corrected chi connectivity index (χ1v) is 7.79. The smallest absolute Gasteiger partial charge is 0.0739 e. The fraction of sp³-hybridized carbons (Fsp3) is 0.333. The van der Waals surface area contributed by atoms with E-state index in [1.807, 2.05) is 0 Å². The first kappa shape index (κ1) is 12.4. The molecule has 2 aromatic rings. The average Bonchev–Trinajstić information content (AvgIpc) is 2.74. The number of aryl methyl sites for hydroxylation is 1. The lowest BCUT2D eigenvalue weighted by molar-refractivity contribution is 0.0275. The third kappa shape index (κ3) is 2.53. The zero-order valence-corrected chi connectivity index (χ0v) is 12.4. The molecule has 1 unspecified atom stereocenters. The number of benzene rings is 1. The van der Waals surface area contributed by atoms with Crippen LogP contribution in [0.25, 0.3) is 0 Å². The number of hydrogen-bond acceptors (Lipinski definition) is 2. The van der Waals surface area contributed by atoms with Crippen LogP contribution < -0.4 is 0 Å². The second kappa shape index (κ2) is 4.80. The van der Waals surface area contributed by atoms with Crippen molar-refractivity contribution in [3.63, 3.8) is 0 Å². The average molecular weight is 323 g/mol. The Morgan fingerprint density at radius 2 is 1.94 bits per heavy atom. The molecule has 1 aliphatic rings. The molecule has 0 amide bonds. The van der Waals surface area contributed by atoms with E-state index in [0.717, 1.165) is 29.5 Å². The Balaban J connectivity index is 1.81. The quantitative estimate of drug-likeness (QED) is 0.886. The molecule has 1 N–H and O–H groups in total. The van der Waals surface area contributed by atoms with Gasteiger partial charge in [0.15, 0.2) is 0 Å². The van der Waals surface area contributed by atoms with Gasteiger partial charge in [0.05, 0.1) is 9.39 Å². The largest absolute Gasteiger partial charge is 0.389 e. The zero-order chi connectivity index (χ0) is 12.6. The van der Waals surface area contributed by atoms with E-state index >= 15 is 0 Å². The number of aliphatic hydroxyl groups is 1. The van der Waals surface area contributed by atoms with Gasteiger partial charge in [-0.1, -0.05) is 24.3 Å². The number of thiophene rings is 1. The molecule has 0 saturated heterocycles. The predicted octanol–water partition coefficient (Wildman–Crippen LogP) is 3.97. The monoisotopic (exact) mass is 322 g/mol. The van der Waals surface area contributed by atoms with E-state index in [4.69, 9.17) is 0 Å². The number of hydrogen-bond donors (Lipinski definition) is 1. The van der Waals surface area contributed by atoms with Crippen LogP contribution in [0.4, 0.5) is 0 Å². The molecular formula is C15H15BrOS. The van der Waals surface area contributed by atoms with Crippen LogP contribution in [0.2, 0.25) is 0 Å². The van der Waals surface area contributed by atoms with E-state index in [0.29, 0.717) is 0 Å². The van der Waals surface area contributed by atoms with Crippen molar-refractivity contribution in [2.24, 2.45) is 0 Å². The summed E-state index contributed by atoms with van der Waals surface area (Å²) in [5.41, 5.74) is 2.13. The molecule has 1 aromatic carbocycles. The lowest BCUT2D eigenvalue weighted by Crippen LogP contribution is -2.37. The van der Waals surface area contributed by atoms with Gasteiger partial charge in [0.25, 0.3) is 0 Å². The molecule has 1 aromatic heterocycles. The van der Waals surface area contributed by atoms with Crippen molar-refractivity contribution in [2.75, 3.05) is 0 Å². The van der Waals surface area contributed by atoms with Crippen molar-refractivity contribution in [1.29, 1.82) is 0 Å². The van der Waals surface area contributed by atoms with Gasteiger partial charge >= 0.3 is 0 Å². The Bertz CT molecular complexity index is 563. The summed E-state index contributed by atoms with van der Waals surface area (Å²) in [4.78, 5) is 1.25. The lowest BCUT2D eigenvalue weighted by atomic mass is 9.78. The van der Waals surface area contributed by atoms with Crippen LogP contribution >= 0.6 is 27.3 Å². The van der Waals surface area contributed by atoms with Gasteiger partial charge in [-0.15, -0.1) is 11.3 Å². The van der Waals surface area contributed by atoms with Crippen LogP contribution in [0, 0.1) is 0 Å². The second-order valence-electron chi connectivity index (χ2n) is 5.05. The van der Waals surface area contributed by atoms with Crippen molar-refractivity contribution in [2.45, 2.75) is 31.3 Å².